The molecule has 0 aromatic carbocycles. The van der Waals surface area contributed by atoms with Crippen molar-refractivity contribution in [1.82, 2.24) is 15.0 Å². The summed E-state index contributed by atoms with van der Waals surface area (Å²) in [5.74, 6) is -0.754. The number of nitrogens with one attached hydrogen (secondary N) is 1. The molecule has 1 saturated carbocycles. The Balaban J connectivity index is 2.02. The third-order valence-corrected chi connectivity index (χ3v) is 3.05. The van der Waals surface area contributed by atoms with E-state index in [1.54, 1.807) is 0 Å². The number of hydrogen-bond donors (Lipinski definition) is 2. The average molecular weight is 273 g/mol. The normalized spacial score (nSPS) is 22.8. The van der Waals surface area contributed by atoms with Gasteiger partial charge in [-0.1, -0.05) is 0 Å². The molecule has 0 saturated heterocycles. The Morgan fingerprint density at radius 1 is 1.44 bits per heavy atom. The summed E-state index contributed by atoms with van der Waals surface area (Å²) < 4.78 is 4.88. The van der Waals surface area contributed by atoms with Gasteiger partial charge < -0.3 is 15.2 Å². The quantitative estimate of drug-likeness (QED) is 0.850. The van der Waals surface area contributed by atoms with Gasteiger partial charge in [0.1, 0.15) is 0 Å². The van der Waals surface area contributed by atoms with Crippen LogP contribution in [0, 0.1) is 5.92 Å². The van der Waals surface area contributed by atoms with E-state index in [1.807, 2.05) is 0 Å². The predicted molar refractivity (Wildman–Crippen MR) is 63.8 cm³/mol. The molecule has 1 aliphatic carbocycles. The Hall–Kier alpha value is -1.63. The first kappa shape index (κ1) is 12.8. The van der Waals surface area contributed by atoms with Crippen molar-refractivity contribution in [1.29, 1.82) is 0 Å². The number of carboxylic acids is 1. The Morgan fingerprint density at radius 2 is 2.22 bits per heavy atom. The minimum absolute atomic E-state index is 0.0364. The van der Waals surface area contributed by atoms with Gasteiger partial charge in [-0.15, -0.1) is 0 Å². The number of aromatic nitrogens is 3. The van der Waals surface area contributed by atoms with Crippen LogP contribution in [0.4, 0.5) is 5.95 Å². The molecule has 8 heteroatoms. The number of hydrogen-bond acceptors (Lipinski definition) is 6. The van der Waals surface area contributed by atoms with Gasteiger partial charge >= 0.3 is 12.0 Å². The molecule has 0 radical (unpaired) electrons. The fourth-order valence-electron chi connectivity index (χ4n) is 2.01. The Labute approximate surface area is 109 Å². The molecular weight excluding hydrogens is 260 g/mol. The lowest BCUT2D eigenvalue weighted by molar-refractivity contribution is -0.141. The Bertz CT molecular complexity index is 457. The third kappa shape index (κ3) is 2.98. The summed E-state index contributed by atoms with van der Waals surface area (Å²) in [6.45, 7) is 0. The van der Waals surface area contributed by atoms with Crippen LogP contribution >= 0.6 is 11.6 Å². The van der Waals surface area contributed by atoms with Crippen molar-refractivity contribution in [2.45, 2.75) is 25.3 Å². The minimum atomic E-state index is -0.759. The molecule has 1 aromatic heterocycles. The van der Waals surface area contributed by atoms with E-state index in [9.17, 15) is 4.79 Å². The van der Waals surface area contributed by atoms with Crippen molar-refractivity contribution in [3.8, 4) is 6.01 Å². The van der Waals surface area contributed by atoms with E-state index in [4.69, 9.17) is 21.4 Å². The second-order valence-corrected chi connectivity index (χ2v) is 4.44. The average Bonchev–Trinajstić information content (AvgIpc) is 2.76. The van der Waals surface area contributed by atoms with Gasteiger partial charge in [0.15, 0.2) is 0 Å². The van der Waals surface area contributed by atoms with Gasteiger partial charge in [0, 0.05) is 6.04 Å². The first-order valence-corrected chi connectivity index (χ1v) is 5.91. The van der Waals surface area contributed by atoms with Crippen LogP contribution in [0.1, 0.15) is 19.3 Å². The molecule has 2 rings (SSSR count). The van der Waals surface area contributed by atoms with E-state index in [0.717, 1.165) is 6.42 Å². The molecule has 98 valence electrons. The summed E-state index contributed by atoms with van der Waals surface area (Å²) in [5.41, 5.74) is 0. The zero-order valence-electron chi connectivity index (χ0n) is 9.76. The monoisotopic (exact) mass is 272 g/mol. The summed E-state index contributed by atoms with van der Waals surface area (Å²) in [5, 5.41) is 12.0. The molecule has 0 amide bonds. The lowest BCUT2D eigenvalue weighted by atomic mass is 10.1. The second-order valence-electron chi connectivity index (χ2n) is 4.10. The fourth-order valence-corrected chi connectivity index (χ4v) is 2.16. The van der Waals surface area contributed by atoms with Crippen LogP contribution in [-0.2, 0) is 4.79 Å². The van der Waals surface area contributed by atoms with E-state index in [-0.39, 0.29) is 23.3 Å². The zero-order chi connectivity index (χ0) is 13.1. The molecule has 18 heavy (non-hydrogen) atoms. The molecule has 0 spiro atoms. The van der Waals surface area contributed by atoms with E-state index in [1.165, 1.54) is 7.11 Å². The van der Waals surface area contributed by atoms with Gasteiger partial charge in [0.05, 0.1) is 13.0 Å². The van der Waals surface area contributed by atoms with Gasteiger partial charge in [0.25, 0.3) is 0 Å². The van der Waals surface area contributed by atoms with E-state index >= 15 is 0 Å². The molecule has 1 heterocycles. The highest BCUT2D eigenvalue weighted by Gasteiger charge is 2.30. The van der Waals surface area contributed by atoms with Crippen LogP contribution in [0.3, 0.4) is 0 Å². The number of nitrogens with zero attached hydrogens (tertiary/aromatic N) is 3. The van der Waals surface area contributed by atoms with Gasteiger partial charge in [0.2, 0.25) is 11.2 Å². The first-order valence-electron chi connectivity index (χ1n) is 5.53. The van der Waals surface area contributed by atoms with Crippen LogP contribution in [0.25, 0.3) is 0 Å². The summed E-state index contributed by atoms with van der Waals surface area (Å²) in [4.78, 5) is 22.5. The number of rotatable bonds is 4. The van der Waals surface area contributed by atoms with Crippen LogP contribution in [0.15, 0.2) is 0 Å². The van der Waals surface area contributed by atoms with Gasteiger partial charge in [-0.3, -0.25) is 4.79 Å². The number of ether oxygens (including phenoxy) is 1. The second kappa shape index (κ2) is 5.34. The molecule has 1 fully saturated rings. The number of carbonyl (C=O) groups is 1. The van der Waals surface area contributed by atoms with E-state index in [2.05, 4.69) is 20.3 Å². The number of aliphatic carboxylic acids is 1. The molecular formula is C10H13ClN4O3. The maximum atomic E-state index is 10.8. The van der Waals surface area contributed by atoms with Gasteiger partial charge in [-0.05, 0) is 30.9 Å². The van der Waals surface area contributed by atoms with Crippen LogP contribution < -0.4 is 10.1 Å². The van der Waals surface area contributed by atoms with Crippen LogP contribution in [0.2, 0.25) is 5.28 Å². The molecule has 0 unspecified atom stereocenters. The molecule has 7 nitrogen and oxygen atoms in total. The van der Waals surface area contributed by atoms with Crippen LogP contribution in [0.5, 0.6) is 6.01 Å². The number of carboxylic acid groups (broad SMARTS) is 1. The highest BCUT2D eigenvalue weighted by molar-refractivity contribution is 6.28. The smallest absolute Gasteiger partial charge is 0.322 e. The SMILES string of the molecule is COc1nc(Cl)nc(N[C@H]2CC[C@@H](C(=O)O)C2)n1. The third-order valence-electron chi connectivity index (χ3n) is 2.89. The largest absolute Gasteiger partial charge is 0.481 e. The maximum absolute atomic E-state index is 10.8. The van der Waals surface area contributed by atoms with Crippen molar-refractivity contribution in [3.63, 3.8) is 0 Å². The van der Waals surface area contributed by atoms with Crippen molar-refractivity contribution in [2.24, 2.45) is 5.92 Å². The summed E-state index contributed by atoms with van der Waals surface area (Å²) in [6.07, 6.45) is 1.98. The fraction of sp³-hybridized carbons (Fsp3) is 0.600. The number of methoxy groups -OCH3 is 1. The van der Waals surface area contributed by atoms with E-state index < -0.39 is 5.97 Å². The van der Waals surface area contributed by atoms with E-state index in [0.29, 0.717) is 18.8 Å². The topological polar surface area (TPSA) is 97.2 Å². The van der Waals surface area contributed by atoms with Crippen molar-refractivity contribution in [3.05, 3.63) is 5.28 Å². The standard InChI is InChI=1S/C10H13ClN4O3/c1-18-10-14-8(11)13-9(15-10)12-6-3-2-5(4-6)7(16)17/h5-6H,2-4H2,1H3,(H,16,17)(H,12,13,14,15)/t5-,6+/m1/s1. The Morgan fingerprint density at radius 3 is 2.83 bits per heavy atom. The zero-order valence-corrected chi connectivity index (χ0v) is 10.5. The summed E-state index contributed by atoms with van der Waals surface area (Å²) in [6, 6.07) is 0.166. The first-order chi connectivity index (χ1) is 8.58. The Kier molecular flexibility index (Phi) is 3.81. The van der Waals surface area contributed by atoms with Gasteiger partial charge in [-0.2, -0.15) is 15.0 Å². The predicted octanol–water partition coefficient (Wildman–Crippen LogP) is 1.20. The lowest BCUT2D eigenvalue weighted by Crippen LogP contribution is -2.19. The summed E-state index contributed by atoms with van der Waals surface area (Å²) >= 11 is 5.72. The lowest BCUT2D eigenvalue weighted by Gasteiger charge is -2.12. The maximum Gasteiger partial charge on any atom is 0.322 e. The van der Waals surface area contributed by atoms with Crippen molar-refractivity contribution in [2.75, 3.05) is 12.4 Å². The van der Waals surface area contributed by atoms with Crippen LogP contribution in [-0.4, -0.2) is 39.2 Å². The number of anilines is 1. The van der Waals surface area contributed by atoms with Gasteiger partial charge in [-0.25, -0.2) is 0 Å². The molecule has 2 N–H and O–H groups in total. The molecule has 2 atom stereocenters. The number of halogens is 1. The van der Waals surface area contributed by atoms with Crippen molar-refractivity contribution >= 4 is 23.5 Å². The summed E-state index contributed by atoms with van der Waals surface area (Å²) in [7, 11) is 1.44. The van der Waals surface area contributed by atoms with Crippen molar-refractivity contribution < 1.29 is 14.6 Å². The highest BCUT2D eigenvalue weighted by Crippen LogP contribution is 2.27. The molecule has 0 aliphatic heterocycles. The molecule has 1 aliphatic rings. The molecule has 0 bridgehead atoms. The highest BCUT2D eigenvalue weighted by atomic mass is 35.5. The minimum Gasteiger partial charge on any atom is -0.481 e. The molecule has 1 aromatic rings.